The zero-order chi connectivity index (χ0) is 12.4. The van der Waals surface area contributed by atoms with Crippen LogP contribution in [0.15, 0.2) is 59.6 Å². The first kappa shape index (κ1) is 11.0. The highest BCUT2D eigenvalue weighted by Gasteiger charge is 2.20. The first-order valence-corrected chi connectivity index (χ1v) is 6.27. The lowest BCUT2D eigenvalue weighted by atomic mass is 9.96. The highest BCUT2D eigenvalue weighted by Crippen LogP contribution is 2.34. The molecule has 0 aromatic heterocycles. The molecular formula is C16H16N2. The van der Waals surface area contributed by atoms with Crippen molar-refractivity contribution in [2.24, 2.45) is 4.99 Å². The summed E-state index contributed by atoms with van der Waals surface area (Å²) in [6.07, 6.45) is 0.964. The van der Waals surface area contributed by atoms with Gasteiger partial charge in [0.2, 0.25) is 0 Å². The van der Waals surface area contributed by atoms with E-state index < -0.39 is 0 Å². The number of rotatable bonds is 2. The van der Waals surface area contributed by atoms with Gasteiger partial charge in [0.1, 0.15) is 0 Å². The van der Waals surface area contributed by atoms with E-state index in [9.17, 15) is 0 Å². The molecule has 0 bridgehead atoms. The minimum Gasteiger partial charge on any atom is -0.378 e. The largest absolute Gasteiger partial charge is 0.378 e. The van der Waals surface area contributed by atoms with Gasteiger partial charge in [0, 0.05) is 23.4 Å². The van der Waals surface area contributed by atoms with Crippen molar-refractivity contribution in [2.75, 3.05) is 5.32 Å². The lowest BCUT2D eigenvalue weighted by molar-refractivity contribution is 0.806. The molecule has 2 nitrogen and oxygen atoms in total. The SMILES string of the molecule is CC1=Nc2ccccc2C(Nc2ccccc2)C1. The second-order valence-corrected chi connectivity index (χ2v) is 4.67. The number of aliphatic imine (C=N–C) groups is 1. The number of hydrogen-bond acceptors (Lipinski definition) is 2. The highest BCUT2D eigenvalue weighted by atomic mass is 14.9. The molecule has 90 valence electrons. The van der Waals surface area contributed by atoms with Gasteiger partial charge in [-0.1, -0.05) is 36.4 Å². The molecular weight excluding hydrogens is 220 g/mol. The second kappa shape index (κ2) is 4.65. The van der Waals surface area contributed by atoms with Crippen LogP contribution >= 0.6 is 0 Å². The molecule has 0 aliphatic carbocycles. The van der Waals surface area contributed by atoms with E-state index in [-0.39, 0.29) is 0 Å². The minimum absolute atomic E-state index is 0.320. The zero-order valence-electron chi connectivity index (χ0n) is 10.4. The number of nitrogens with zero attached hydrogens (tertiary/aromatic N) is 1. The molecule has 1 aliphatic rings. The average Bonchev–Trinajstić information content (AvgIpc) is 2.40. The quantitative estimate of drug-likeness (QED) is 0.824. The fraction of sp³-hybridized carbons (Fsp3) is 0.188. The summed E-state index contributed by atoms with van der Waals surface area (Å²) in [4.78, 5) is 4.61. The van der Waals surface area contributed by atoms with Crippen molar-refractivity contribution in [2.45, 2.75) is 19.4 Å². The van der Waals surface area contributed by atoms with Gasteiger partial charge < -0.3 is 5.32 Å². The number of nitrogens with one attached hydrogen (secondary N) is 1. The molecule has 0 spiro atoms. The van der Waals surface area contributed by atoms with Crippen LogP contribution in [0.3, 0.4) is 0 Å². The van der Waals surface area contributed by atoms with E-state index in [1.165, 1.54) is 11.3 Å². The van der Waals surface area contributed by atoms with E-state index in [1.54, 1.807) is 0 Å². The standard InChI is InChI=1S/C16H16N2/c1-12-11-16(18-13-7-3-2-4-8-13)14-9-5-6-10-15(14)17-12/h2-10,16,18H,11H2,1H3. The third-order valence-electron chi connectivity index (χ3n) is 3.24. The fourth-order valence-corrected chi connectivity index (χ4v) is 2.40. The van der Waals surface area contributed by atoms with Crippen LogP contribution in [0.1, 0.15) is 24.9 Å². The number of benzene rings is 2. The third-order valence-corrected chi connectivity index (χ3v) is 3.24. The molecule has 0 saturated heterocycles. The number of anilines is 1. The summed E-state index contributed by atoms with van der Waals surface area (Å²) in [6.45, 7) is 2.09. The fourth-order valence-electron chi connectivity index (χ4n) is 2.40. The molecule has 2 aromatic carbocycles. The normalized spacial score (nSPS) is 17.8. The number of para-hydroxylation sites is 2. The Kier molecular flexibility index (Phi) is 2.85. The van der Waals surface area contributed by atoms with E-state index in [0.29, 0.717) is 6.04 Å². The highest BCUT2D eigenvalue weighted by molar-refractivity contribution is 5.88. The molecule has 0 radical (unpaired) electrons. The predicted molar refractivity (Wildman–Crippen MR) is 76.6 cm³/mol. The molecule has 0 amide bonds. The van der Waals surface area contributed by atoms with Crippen molar-refractivity contribution in [3.63, 3.8) is 0 Å². The van der Waals surface area contributed by atoms with E-state index in [0.717, 1.165) is 17.8 Å². The Morgan fingerprint density at radius 2 is 1.72 bits per heavy atom. The van der Waals surface area contributed by atoms with Crippen LogP contribution in [0.25, 0.3) is 0 Å². The Balaban J connectivity index is 1.92. The summed E-state index contributed by atoms with van der Waals surface area (Å²) in [6, 6.07) is 19.0. The molecule has 18 heavy (non-hydrogen) atoms. The Bertz CT molecular complexity index is 573. The Hall–Kier alpha value is -2.09. The first-order valence-electron chi connectivity index (χ1n) is 6.27. The van der Waals surface area contributed by atoms with E-state index in [4.69, 9.17) is 0 Å². The van der Waals surface area contributed by atoms with Crippen LogP contribution in [0, 0.1) is 0 Å². The Morgan fingerprint density at radius 3 is 2.56 bits per heavy atom. The molecule has 0 saturated carbocycles. The summed E-state index contributed by atoms with van der Waals surface area (Å²) in [5, 5.41) is 3.59. The topological polar surface area (TPSA) is 24.4 Å². The molecule has 1 unspecified atom stereocenters. The van der Waals surface area contributed by atoms with Gasteiger partial charge in [-0.15, -0.1) is 0 Å². The lowest BCUT2D eigenvalue weighted by Crippen LogP contribution is -2.17. The number of hydrogen-bond donors (Lipinski definition) is 1. The van der Waals surface area contributed by atoms with Crippen molar-refractivity contribution in [3.8, 4) is 0 Å². The maximum absolute atomic E-state index is 4.61. The summed E-state index contributed by atoms with van der Waals surface area (Å²) in [5.41, 5.74) is 4.72. The molecule has 1 N–H and O–H groups in total. The van der Waals surface area contributed by atoms with E-state index >= 15 is 0 Å². The van der Waals surface area contributed by atoms with E-state index in [1.807, 2.05) is 12.1 Å². The summed E-state index contributed by atoms with van der Waals surface area (Å²) in [5.74, 6) is 0. The van der Waals surface area contributed by atoms with Gasteiger partial charge in [0.25, 0.3) is 0 Å². The molecule has 1 heterocycles. The average molecular weight is 236 g/mol. The van der Waals surface area contributed by atoms with Gasteiger partial charge in [-0.05, 0) is 25.1 Å². The molecule has 3 rings (SSSR count). The van der Waals surface area contributed by atoms with Crippen LogP contribution in [0.2, 0.25) is 0 Å². The summed E-state index contributed by atoms with van der Waals surface area (Å²) >= 11 is 0. The van der Waals surface area contributed by atoms with Crippen LogP contribution in [0.5, 0.6) is 0 Å². The molecule has 2 heteroatoms. The van der Waals surface area contributed by atoms with E-state index in [2.05, 4.69) is 59.7 Å². The summed E-state index contributed by atoms with van der Waals surface area (Å²) < 4.78 is 0. The van der Waals surface area contributed by atoms with Crippen molar-refractivity contribution in [3.05, 3.63) is 60.2 Å². The third kappa shape index (κ3) is 2.14. The number of fused-ring (bicyclic) bond motifs is 1. The molecule has 2 aromatic rings. The monoisotopic (exact) mass is 236 g/mol. The van der Waals surface area contributed by atoms with Crippen LogP contribution in [0.4, 0.5) is 11.4 Å². The van der Waals surface area contributed by atoms with Crippen LogP contribution in [-0.4, -0.2) is 5.71 Å². The predicted octanol–water partition coefficient (Wildman–Crippen LogP) is 4.34. The van der Waals surface area contributed by atoms with Crippen molar-refractivity contribution in [1.82, 2.24) is 0 Å². The van der Waals surface area contributed by atoms with Crippen LogP contribution in [-0.2, 0) is 0 Å². The molecule has 1 aliphatic heterocycles. The first-order chi connectivity index (χ1) is 8.83. The zero-order valence-corrected chi connectivity index (χ0v) is 10.4. The molecule has 1 atom stereocenters. The Morgan fingerprint density at radius 1 is 1.00 bits per heavy atom. The smallest absolute Gasteiger partial charge is 0.0681 e. The van der Waals surface area contributed by atoms with Crippen molar-refractivity contribution >= 4 is 17.1 Å². The Labute approximate surface area is 107 Å². The lowest BCUT2D eigenvalue weighted by Gasteiger charge is -2.25. The van der Waals surface area contributed by atoms with Gasteiger partial charge in [0.15, 0.2) is 0 Å². The van der Waals surface area contributed by atoms with Gasteiger partial charge in [0.05, 0.1) is 11.7 Å². The van der Waals surface area contributed by atoms with Gasteiger partial charge in [-0.25, -0.2) is 0 Å². The maximum Gasteiger partial charge on any atom is 0.0681 e. The summed E-state index contributed by atoms with van der Waals surface area (Å²) in [7, 11) is 0. The van der Waals surface area contributed by atoms with Crippen molar-refractivity contribution < 1.29 is 0 Å². The van der Waals surface area contributed by atoms with Crippen LogP contribution < -0.4 is 5.32 Å². The maximum atomic E-state index is 4.61. The van der Waals surface area contributed by atoms with Crippen molar-refractivity contribution in [1.29, 1.82) is 0 Å². The molecule has 0 fully saturated rings. The second-order valence-electron chi connectivity index (χ2n) is 4.67. The van der Waals surface area contributed by atoms with Gasteiger partial charge in [-0.3, -0.25) is 4.99 Å². The minimum atomic E-state index is 0.320. The van der Waals surface area contributed by atoms with Gasteiger partial charge >= 0.3 is 0 Å². The van der Waals surface area contributed by atoms with Gasteiger partial charge in [-0.2, -0.15) is 0 Å².